The van der Waals surface area contributed by atoms with E-state index in [-0.39, 0.29) is 0 Å². The molecule has 0 aliphatic carbocycles. The van der Waals surface area contributed by atoms with Crippen molar-refractivity contribution < 1.29 is 9.47 Å². The largest absolute Gasteiger partial charge is 0.457 e. The summed E-state index contributed by atoms with van der Waals surface area (Å²) in [6.07, 6.45) is 4.14. The van der Waals surface area contributed by atoms with Crippen LogP contribution in [-0.2, 0) is 11.3 Å². The fourth-order valence-electron chi connectivity index (χ4n) is 4.11. The van der Waals surface area contributed by atoms with Gasteiger partial charge in [0.05, 0.1) is 29.9 Å². The van der Waals surface area contributed by atoms with Crippen molar-refractivity contribution in [1.82, 2.24) is 25.1 Å². The van der Waals surface area contributed by atoms with Gasteiger partial charge in [-0.3, -0.25) is 10.00 Å². The van der Waals surface area contributed by atoms with Crippen molar-refractivity contribution in [3.05, 3.63) is 60.6 Å². The molecule has 1 aliphatic rings. The molecule has 2 N–H and O–H groups in total. The second-order valence-electron chi connectivity index (χ2n) is 7.68. The summed E-state index contributed by atoms with van der Waals surface area (Å²) in [5.41, 5.74) is 3.99. The lowest BCUT2D eigenvalue weighted by Gasteiger charge is -2.22. The molecule has 0 amide bonds. The summed E-state index contributed by atoms with van der Waals surface area (Å²) in [4.78, 5) is 10.7. The van der Waals surface area contributed by atoms with Crippen molar-refractivity contribution in [2.24, 2.45) is 0 Å². The molecule has 154 valence electrons. The number of nitrogens with zero attached hydrogens (tertiary/aromatic N) is 3. The minimum Gasteiger partial charge on any atom is -0.457 e. The Bertz CT molecular complexity index is 1100. The van der Waals surface area contributed by atoms with Crippen molar-refractivity contribution in [3.63, 3.8) is 0 Å². The average Bonchev–Trinajstić information content (AvgIpc) is 3.50. The minimum absolute atomic E-state index is 0.479. The summed E-state index contributed by atoms with van der Waals surface area (Å²) in [6, 6.07) is 16.3. The van der Waals surface area contributed by atoms with Gasteiger partial charge in [0.25, 0.3) is 0 Å². The highest BCUT2D eigenvalue weighted by Crippen LogP contribution is 2.27. The summed E-state index contributed by atoms with van der Waals surface area (Å²) in [5.74, 6) is 2.55. The Morgan fingerprint density at radius 1 is 1.10 bits per heavy atom. The molecule has 5 rings (SSSR count). The molecule has 0 spiro atoms. The molecule has 0 bridgehead atoms. The van der Waals surface area contributed by atoms with Crippen LogP contribution in [0.5, 0.6) is 11.5 Å². The zero-order chi connectivity index (χ0) is 20.3. The molecule has 1 atom stereocenters. The number of rotatable bonds is 7. The van der Waals surface area contributed by atoms with Gasteiger partial charge in [-0.25, -0.2) is 4.98 Å². The third kappa shape index (κ3) is 3.94. The van der Waals surface area contributed by atoms with Crippen molar-refractivity contribution in [2.45, 2.75) is 25.4 Å². The fourth-order valence-corrected chi connectivity index (χ4v) is 4.11. The van der Waals surface area contributed by atoms with Gasteiger partial charge in [-0.15, -0.1) is 0 Å². The van der Waals surface area contributed by atoms with Crippen LogP contribution in [-0.4, -0.2) is 51.4 Å². The van der Waals surface area contributed by atoms with Crippen LogP contribution in [0, 0.1) is 0 Å². The summed E-state index contributed by atoms with van der Waals surface area (Å²) in [5, 5.41) is 6.96. The van der Waals surface area contributed by atoms with Crippen LogP contribution < -0.4 is 4.74 Å². The monoisotopic (exact) mass is 403 g/mol. The quantitative estimate of drug-likeness (QED) is 0.479. The van der Waals surface area contributed by atoms with Gasteiger partial charge in [-0.1, -0.05) is 0 Å². The zero-order valence-electron chi connectivity index (χ0n) is 17.0. The van der Waals surface area contributed by atoms with E-state index < -0.39 is 0 Å². The molecule has 0 saturated carbocycles. The summed E-state index contributed by atoms with van der Waals surface area (Å²) >= 11 is 0. The Morgan fingerprint density at radius 3 is 2.77 bits per heavy atom. The summed E-state index contributed by atoms with van der Waals surface area (Å²) in [7, 11) is 1.77. The number of methoxy groups -OCH3 is 1. The Morgan fingerprint density at radius 2 is 1.97 bits per heavy atom. The van der Waals surface area contributed by atoms with E-state index in [1.807, 2.05) is 48.5 Å². The molecule has 1 unspecified atom stereocenters. The first kappa shape index (κ1) is 18.8. The fraction of sp³-hybridized carbons (Fsp3) is 0.304. The standard InChI is InChI=1S/C23H25N5O2/c1-29-15-17-3-2-12-28(17)14-23-25-21-9-8-19(13-22(21)26-23)30-18-6-4-16(5-7-18)20-10-11-24-27-20/h4-11,13,17H,2-3,12,14-15H2,1H3,(H,24,27)(H,25,26). The maximum absolute atomic E-state index is 6.05. The number of hydrogen-bond donors (Lipinski definition) is 2. The molecular weight excluding hydrogens is 378 g/mol. The third-order valence-corrected chi connectivity index (χ3v) is 5.62. The summed E-state index contributed by atoms with van der Waals surface area (Å²) < 4.78 is 11.4. The molecule has 4 aromatic rings. The number of benzene rings is 2. The topological polar surface area (TPSA) is 79.1 Å². The van der Waals surface area contributed by atoms with E-state index in [0.717, 1.165) is 59.3 Å². The molecule has 3 heterocycles. The number of fused-ring (bicyclic) bond motifs is 1. The van der Waals surface area contributed by atoms with Crippen LogP contribution in [0.4, 0.5) is 0 Å². The van der Waals surface area contributed by atoms with E-state index in [1.54, 1.807) is 13.3 Å². The molecule has 7 heteroatoms. The lowest BCUT2D eigenvalue weighted by molar-refractivity contribution is 0.110. The molecule has 7 nitrogen and oxygen atoms in total. The van der Waals surface area contributed by atoms with Crippen LogP contribution in [0.3, 0.4) is 0 Å². The van der Waals surface area contributed by atoms with Crippen LogP contribution in [0.1, 0.15) is 18.7 Å². The molecule has 30 heavy (non-hydrogen) atoms. The van der Waals surface area contributed by atoms with E-state index in [9.17, 15) is 0 Å². The van der Waals surface area contributed by atoms with E-state index in [1.165, 1.54) is 12.8 Å². The number of H-pyrrole nitrogens is 2. The van der Waals surface area contributed by atoms with E-state index >= 15 is 0 Å². The van der Waals surface area contributed by atoms with Crippen LogP contribution in [0.25, 0.3) is 22.3 Å². The van der Waals surface area contributed by atoms with Gasteiger partial charge in [0, 0.05) is 25.4 Å². The van der Waals surface area contributed by atoms with Gasteiger partial charge < -0.3 is 14.5 Å². The van der Waals surface area contributed by atoms with Crippen molar-refractivity contribution >= 4 is 11.0 Å². The first-order chi connectivity index (χ1) is 14.8. The molecule has 2 aromatic carbocycles. The van der Waals surface area contributed by atoms with E-state index in [4.69, 9.17) is 14.5 Å². The lowest BCUT2D eigenvalue weighted by Crippen LogP contribution is -2.32. The lowest BCUT2D eigenvalue weighted by atomic mass is 10.1. The van der Waals surface area contributed by atoms with Crippen LogP contribution >= 0.6 is 0 Å². The average molecular weight is 403 g/mol. The highest BCUT2D eigenvalue weighted by molar-refractivity contribution is 5.77. The molecule has 0 radical (unpaired) electrons. The number of likely N-dealkylation sites (tertiary alicyclic amines) is 1. The van der Waals surface area contributed by atoms with Gasteiger partial charge in [0.1, 0.15) is 17.3 Å². The maximum Gasteiger partial charge on any atom is 0.129 e. The predicted octanol–water partition coefficient (Wildman–Crippen LogP) is 4.36. The van der Waals surface area contributed by atoms with Gasteiger partial charge in [-0.05, 0) is 67.4 Å². The van der Waals surface area contributed by atoms with E-state index in [0.29, 0.717) is 6.04 Å². The number of ether oxygens (including phenoxy) is 2. The number of hydrogen-bond acceptors (Lipinski definition) is 5. The van der Waals surface area contributed by atoms with Gasteiger partial charge in [-0.2, -0.15) is 5.10 Å². The highest BCUT2D eigenvalue weighted by Gasteiger charge is 2.25. The molecular formula is C23H25N5O2. The van der Waals surface area contributed by atoms with Crippen molar-refractivity contribution in [3.8, 4) is 22.8 Å². The van der Waals surface area contributed by atoms with E-state index in [2.05, 4.69) is 20.1 Å². The summed E-state index contributed by atoms with van der Waals surface area (Å²) in [6.45, 7) is 2.68. The molecule has 2 aromatic heterocycles. The zero-order valence-corrected chi connectivity index (χ0v) is 17.0. The molecule has 1 fully saturated rings. The molecule has 1 aliphatic heterocycles. The second-order valence-corrected chi connectivity index (χ2v) is 7.68. The Kier molecular flexibility index (Phi) is 5.21. The number of imidazole rings is 1. The smallest absolute Gasteiger partial charge is 0.129 e. The van der Waals surface area contributed by atoms with Crippen LogP contribution in [0.2, 0.25) is 0 Å². The SMILES string of the molecule is COCC1CCCN1Cc1nc2ccc(Oc3ccc(-c4ccn[nH]4)cc3)cc2[nH]1. The molecule has 1 saturated heterocycles. The van der Waals surface area contributed by atoms with Gasteiger partial charge in [0.15, 0.2) is 0 Å². The third-order valence-electron chi connectivity index (χ3n) is 5.62. The highest BCUT2D eigenvalue weighted by atomic mass is 16.5. The maximum atomic E-state index is 6.05. The second kappa shape index (κ2) is 8.30. The Labute approximate surface area is 175 Å². The Hall–Kier alpha value is -3.16. The Balaban J connectivity index is 1.29. The predicted molar refractivity (Wildman–Crippen MR) is 115 cm³/mol. The number of aromatic amines is 2. The number of nitrogens with one attached hydrogen (secondary N) is 2. The number of aromatic nitrogens is 4. The minimum atomic E-state index is 0.479. The van der Waals surface area contributed by atoms with Gasteiger partial charge in [0.2, 0.25) is 0 Å². The van der Waals surface area contributed by atoms with Crippen molar-refractivity contribution in [1.29, 1.82) is 0 Å². The first-order valence-corrected chi connectivity index (χ1v) is 10.3. The van der Waals surface area contributed by atoms with Gasteiger partial charge >= 0.3 is 0 Å². The first-order valence-electron chi connectivity index (χ1n) is 10.3. The van der Waals surface area contributed by atoms with Crippen LogP contribution in [0.15, 0.2) is 54.7 Å². The van der Waals surface area contributed by atoms with Crippen molar-refractivity contribution in [2.75, 3.05) is 20.3 Å². The normalized spacial score (nSPS) is 17.0.